The lowest BCUT2D eigenvalue weighted by atomic mass is 9.94. The quantitative estimate of drug-likeness (QED) is 0.838. The Kier molecular flexibility index (Phi) is 4.77. The predicted molar refractivity (Wildman–Crippen MR) is 92.3 cm³/mol. The van der Waals surface area contributed by atoms with Gasteiger partial charge in [-0.25, -0.2) is 0 Å². The number of halogens is 1. The van der Waals surface area contributed by atoms with Crippen LogP contribution in [0.5, 0.6) is 0 Å². The number of rotatable bonds is 4. The molecule has 2 aromatic rings. The molecule has 0 fully saturated rings. The Morgan fingerprint density at radius 3 is 2.59 bits per heavy atom. The van der Waals surface area contributed by atoms with E-state index in [0.717, 1.165) is 11.1 Å². The first-order valence-electron chi connectivity index (χ1n) is 7.20. The van der Waals surface area contributed by atoms with Gasteiger partial charge in [-0.1, -0.05) is 35.9 Å². The van der Waals surface area contributed by atoms with Crippen molar-refractivity contribution in [2.75, 3.05) is 5.73 Å². The van der Waals surface area contributed by atoms with Gasteiger partial charge in [-0.05, 0) is 56.5 Å². The summed E-state index contributed by atoms with van der Waals surface area (Å²) in [7, 11) is 0. The second-order valence-corrected chi connectivity index (χ2v) is 6.59. The molecule has 0 unspecified atom stereocenters. The third kappa shape index (κ3) is 4.01. The molecule has 0 aliphatic rings. The summed E-state index contributed by atoms with van der Waals surface area (Å²) in [6.45, 7) is 5.86. The Morgan fingerprint density at radius 2 is 1.91 bits per heavy atom. The first kappa shape index (κ1) is 16.4. The molecule has 0 bridgehead atoms. The van der Waals surface area contributed by atoms with E-state index in [1.807, 2.05) is 51.1 Å². The molecule has 3 N–H and O–H groups in total. The SMILES string of the molecule is Cc1ccc(N)cc1C(=O)NC(C)(C)Cc1ccccc1Cl. The maximum Gasteiger partial charge on any atom is 0.252 e. The van der Waals surface area contributed by atoms with Crippen molar-refractivity contribution < 1.29 is 4.79 Å². The summed E-state index contributed by atoms with van der Waals surface area (Å²) in [5.41, 5.74) is 8.46. The van der Waals surface area contributed by atoms with Crippen molar-refractivity contribution in [3.05, 3.63) is 64.2 Å². The molecule has 0 aliphatic heterocycles. The minimum Gasteiger partial charge on any atom is -0.399 e. The van der Waals surface area contributed by atoms with Gasteiger partial charge in [-0.2, -0.15) is 0 Å². The first-order valence-corrected chi connectivity index (χ1v) is 7.58. The number of hydrogen-bond donors (Lipinski definition) is 2. The standard InChI is InChI=1S/C18H21ClN2O/c1-12-8-9-14(20)10-15(12)17(22)21-18(2,3)11-13-6-4-5-7-16(13)19/h4-10H,11,20H2,1-3H3,(H,21,22). The van der Waals surface area contributed by atoms with Gasteiger partial charge in [-0.15, -0.1) is 0 Å². The number of hydrogen-bond acceptors (Lipinski definition) is 2. The van der Waals surface area contributed by atoms with E-state index in [-0.39, 0.29) is 5.91 Å². The van der Waals surface area contributed by atoms with Crippen LogP contribution >= 0.6 is 11.6 Å². The van der Waals surface area contributed by atoms with Gasteiger partial charge in [0.25, 0.3) is 5.91 Å². The molecule has 1 amide bonds. The minimum absolute atomic E-state index is 0.123. The number of amides is 1. The molecule has 0 radical (unpaired) electrons. The number of carbonyl (C=O) groups excluding carboxylic acids is 1. The topological polar surface area (TPSA) is 55.1 Å². The Hall–Kier alpha value is -2.00. The van der Waals surface area contributed by atoms with Crippen molar-refractivity contribution in [2.45, 2.75) is 32.7 Å². The summed E-state index contributed by atoms with van der Waals surface area (Å²) in [6.07, 6.45) is 0.653. The Bertz CT molecular complexity index is 695. The summed E-state index contributed by atoms with van der Waals surface area (Å²) in [5.74, 6) is -0.123. The number of nitrogens with two attached hydrogens (primary N) is 1. The van der Waals surface area contributed by atoms with Gasteiger partial charge in [0, 0.05) is 21.8 Å². The summed E-state index contributed by atoms with van der Waals surface area (Å²) < 4.78 is 0. The molecule has 0 heterocycles. The van der Waals surface area contributed by atoms with Gasteiger partial charge in [0.15, 0.2) is 0 Å². The van der Waals surface area contributed by atoms with Crippen molar-refractivity contribution in [1.82, 2.24) is 5.32 Å². The zero-order valence-corrected chi connectivity index (χ0v) is 13.9. The van der Waals surface area contributed by atoms with E-state index in [4.69, 9.17) is 17.3 Å². The van der Waals surface area contributed by atoms with Crippen LogP contribution in [0.25, 0.3) is 0 Å². The molecule has 0 saturated carbocycles. The van der Waals surface area contributed by atoms with Gasteiger partial charge in [-0.3, -0.25) is 4.79 Å². The number of nitrogens with one attached hydrogen (secondary N) is 1. The third-order valence-electron chi connectivity index (χ3n) is 3.55. The minimum atomic E-state index is -0.418. The van der Waals surface area contributed by atoms with Crippen molar-refractivity contribution >= 4 is 23.2 Å². The smallest absolute Gasteiger partial charge is 0.252 e. The molecular weight excluding hydrogens is 296 g/mol. The van der Waals surface area contributed by atoms with Crippen LogP contribution in [0.1, 0.15) is 35.3 Å². The van der Waals surface area contributed by atoms with Gasteiger partial charge >= 0.3 is 0 Å². The molecule has 0 spiro atoms. The van der Waals surface area contributed by atoms with E-state index < -0.39 is 5.54 Å². The van der Waals surface area contributed by atoms with Crippen LogP contribution in [0.15, 0.2) is 42.5 Å². The first-order chi connectivity index (χ1) is 10.3. The largest absolute Gasteiger partial charge is 0.399 e. The van der Waals surface area contributed by atoms with Crippen LogP contribution in [0.3, 0.4) is 0 Å². The van der Waals surface area contributed by atoms with E-state index in [1.165, 1.54) is 0 Å². The van der Waals surface area contributed by atoms with Crippen LogP contribution in [-0.4, -0.2) is 11.4 Å². The summed E-state index contributed by atoms with van der Waals surface area (Å²) in [4.78, 5) is 12.5. The fraction of sp³-hybridized carbons (Fsp3) is 0.278. The number of carbonyl (C=O) groups is 1. The Labute approximate surface area is 136 Å². The van der Waals surface area contributed by atoms with Gasteiger partial charge in [0.05, 0.1) is 0 Å². The van der Waals surface area contributed by atoms with Crippen LogP contribution in [-0.2, 0) is 6.42 Å². The molecule has 0 aliphatic carbocycles. The molecule has 2 rings (SSSR count). The lowest BCUT2D eigenvalue weighted by Crippen LogP contribution is -2.45. The van der Waals surface area contributed by atoms with E-state index in [0.29, 0.717) is 22.7 Å². The van der Waals surface area contributed by atoms with E-state index in [9.17, 15) is 4.79 Å². The summed E-state index contributed by atoms with van der Waals surface area (Å²) >= 11 is 6.20. The molecule has 2 aromatic carbocycles. The monoisotopic (exact) mass is 316 g/mol. The fourth-order valence-corrected chi connectivity index (χ4v) is 2.62. The molecular formula is C18H21ClN2O. The summed E-state index contributed by atoms with van der Waals surface area (Å²) in [6, 6.07) is 13.0. The Balaban J connectivity index is 2.16. The molecule has 116 valence electrons. The molecule has 4 heteroatoms. The van der Waals surface area contributed by atoms with Crippen molar-refractivity contribution in [3.8, 4) is 0 Å². The van der Waals surface area contributed by atoms with E-state index >= 15 is 0 Å². The maximum absolute atomic E-state index is 12.5. The van der Waals surface area contributed by atoms with Crippen LogP contribution in [0, 0.1) is 6.92 Å². The Morgan fingerprint density at radius 1 is 1.23 bits per heavy atom. The highest BCUT2D eigenvalue weighted by Gasteiger charge is 2.23. The van der Waals surface area contributed by atoms with E-state index in [1.54, 1.807) is 12.1 Å². The van der Waals surface area contributed by atoms with Crippen LogP contribution in [0.2, 0.25) is 5.02 Å². The van der Waals surface area contributed by atoms with E-state index in [2.05, 4.69) is 5.32 Å². The average molecular weight is 317 g/mol. The van der Waals surface area contributed by atoms with Crippen LogP contribution < -0.4 is 11.1 Å². The van der Waals surface area contributed by atoms with Gasteiger partial charge < -0.3 is 11.1 Å². The molecule has 0 saturated heterocycles. The molecule has 3 nitrogen and oxygen atoms in total. The summed E-state index contributed by atoms with van der Waals surface area (Å²) in [5, 5.41) is 3.78. The van der Waals surface area contributed by atoms with Gasteiger partial charge in [0.2, 0.25) is 0 Å². The highest BCUT2D eigenvalue weighted by molar-refractivity contribution is 6.31. The number of nitrogen functional groups attached to an aromatic ring is 1. The number of benzene rings is 2. The van der Waals surface area contributed by atoms with Gasteiger partial charge in [0.1, 0.15) is 0 Å². The average Bonchev–Trinajstić information content (AvgIpc) is 2.43. The van der Waals surface area contributed by atoms with Crippen molar-refractivity contribution in [2.24, 2.45) is 0 Å². The predicted octanol–water partition coefficient (Wildman–Crippen LogP) is 3.98. The molecule has 0 aromatic heterocycles. The lowest BCUT2D eigenvalue weighted by Gasteiger charge is -2.27. The zero-order valence-electron chi connectivity index (χ0n) is 13.1. The molecule has 22 heavy (non-hydrogen) atoms. The fourth-order valence-electron chi connectivity index (χ4n) is 2.42. The lowest BCUT2D eigenvalue weighted by molar-refractivity contribution is 0.0912. The third-order valence-corrected chi connectivity index (χ3v) is 3.92. The van der Waals surface area contributed by atoms with Crippen molar-refractivity contribution in [3.63, 3.8) is 0 Å². The zero-order chi connectivity index (χ0) is 16.3. The highest BCUT2D eigenvalue weighted by atomic mass is 35.5. The normalized spacial score (nSPS) is 11.3. The molecule has 0 atom stereocenters. The van der Waals surface area contributed by atoms with Crippen molar-refractivity contribution in [1.29, 1.82) is 0 Å². The highest BCUT2D eigenvalue weighted by Crippen LogP contribution is 2.21. The number of aryl methyl sites for hydroxylation is 1. The van der Waals surface area contributed by atoms with Crippen LogP contribution in [0.4, 0.5) is 5.69 Å². The second kappa shape index (κ2) is 6.41. The number of anilines is 1. The maximum atomic E-state index is 12.5. The second-order valence-electron chi connectivity index (χ2n) is 6.18.